The van der Waals surface area contributed by atoms with E-state index in [4.69, 9.17) is 0 Å². The summed E-state index contributed by atoms with van der Waals surface area (Å²) in [5.41, 5.74) is 0. The highest BCUT2D eigenvalue weighted by atomic mass is 15.0. The fourth-order valence-electron chi connectivity index (χ4n) is 2.43. The van der Waals surface area contributed by atoms with Crippen molar-refractivity contribution >= 4 is 0 Å². The summed E-state index contributed by atoms with van der Waals surface area (Å²) < 4.78 is 0. The lowest BCUT2D eigenvalue weighted by Crippen LogP contribution is -2.29. The fourth-order valence-corrected chi connectivity index (χ4v) is 2.43. The molecule has 3 aliphatic carbocycles. The number of nitrogens with one attached hydrogen (secondary N) is 1. The monoisotopic (exact) mass is 137 g/mol. The lowest BCUT2D eigenvalue weighted by Gasteiger charge is -2.12. The first kappa shape index (κ1) is 5.59. The maximum Gasteiger partial charge on any atom is 0.00751 e. The summed E-state index contributed by atoms with van der Waals surface area (Å²) in [7, 11) is 0. The molecule has 0 aromatic rings. The Bertz CT molecular complexity index is 141. The summed E-state index contributed by atoms with van der Waals surface area (Å²) in [6, 6.07) is 1.86. The van der Waals surface area contributed by atoms with Crippen molar-refractivity contribution in [2.45, 2.75) is 44.2 Å². The zero-order valence-corrected chi connectivity index (χ0v) is 6.34. The predicted octanol–water partition coefficient (Wildman–Crippen LogP) is 1.54. The SMILES string of the molecule is C1CC1NC1C[C@@H]2C[C@@H]2C1. The van der Waals surface area contributed by atoms with Crippen LogP contribution in [-0.4, -0.2) is 12.1 Å². The Hall–Kier alpha value is -0.0400. The van der Waals surface area contributed by atoms with E-state index in [-0.39, 0.29) is 0 Å². The van der Waals surface area contributed by atoms with Crippen LogP contribution >= 0.6 is 0 Å². The first-order chi connectivity index (χ1) is 4.92. The minimum atomic E-state index is 0.927. The first-order valence-corrected chi connectivity index (χ1v) is 4.68. The maximum absolute atomic E-state index is 3.71. The summed E-state index contributed by atoms with van der Waals surface area (Å²) in [5, 5.41) is 3.71. The standard InChI is InChI=1S/C9H15N/c1-2-8(1)10-9-4-6-3-7(6)5-9/h6-10H,1-5H2/t6-,7+,9?. The molecular weight excluding hydrogens is 122 g/mol. The summed E-state index contributed by atoms with van der Waals surface area (Å²) in [6.45, 7) is 0. The van der Waals surface area contributed by atoms with Crippen LogP contribution < -0.4 is 5.32 Å². The van der Waals surface area contributed by atoms with Crippen LogP contribution in [0.5, 0.6) is 0 Å². The van der Waals surface area contributed by atoms with Gasteiger partial charge < -0.3 is 5.32 Å². The van der Waals surface area contributed by atoms with Gasteiger partial charge in [0.05, 0.1) is 0 Å². The second-order valence-corrected chi connectivity index (χ2v) is 4.37. The lowest BCUT2D eigenvalue weighted by atomic mass is 10.1. The number of rotatable bonds is 2. The predicted molar refractivity (Wildman–Crippen MR) is 40.8 cm³/mol. The Labute approximate surface area is 62.2 Å². The fraction of sp³-hybridized carbons (Fsp3) is 1.00. The number of hydrogen-bond donors (Lipinski definition) is 1. The first-order valence-electron chi connectivity index (χ1n) is 4.68. The van der Waals surface area contributed by atoms with E-state index < -0.39 is 0 Å². The minimum Gasteiger partial charge on any atom is -0.311 e. The molecule has 1 N–H and O–H groups in total. The number of fused-ring (bicyclic) bond motifs is 1. The van der Waals surface area contributed by atoms with Gasteiger partial charge in [-0.15, -0.1) is 0 Å². The van der Waals surface area contributed by atoms with Gasteiger partial charge >= 0.3 is 0 Å². The highest BCUT2D eigenvalue weighted by Gasteiger charge is 2.46. The van der Waals surface area contributed by atoms with Gasteiger partial charge in [0.2, 0.25) is 0 Å². The van der Waals surface area contributed by atoms with Gasteiger partial charge in [-0.2, -0.15) is 0 Å². The largest absolute Gasteiger partial charge is 0.311 e. The van der Waals surface area contributed by atoms with Crippen LogP contribution in [0.15, 0.2) is 0 Å². The van der Waals surface area contributed by atoms with E-state index in [9.17, 15) is 0 Å². The maximum atomic E-state index is 3.71. The van der Waals surface area contributed by atoms with Crippen molar-refractivity contribution in [3.63, 3.8) is 0 Å². The topological polar surface area (TPSA) is 12.0 Å². The molecule has 0 aromatic heterocycles. The molecule has 0 amide bonds. The summed E-state index contributed by atoms with van der Waals surface area (Å²) in [6.07, 6.45) is 7.46. The lowest BCUT2D eigenvalue weighted by molar-refractivity contribution is 0.478. The molecule has 0 radical (unpaired) electrons. The zero-order chi connectivity index (χ0) is 6.55. The smallest absolute Gasteiger partial charge is 0.00751 e. The summed E-state index contributed by atoms with van der Waals surface area (Å²) >= 11 is 0. The summed E-state index contributed by atoms with van der Waals surface area (Å²) in [5.74, 6) is 2.30. The minimum absolute atomic E-state index is 0.927. The van der Waals surface area contributed by atoms with Gasteiger partial charge in [-0.05, 0) is 43.9 Å². The second kappa shape index (κ2) is 1.76. The average Bonchev–Trinajstić information content (AvgIpc) is 2.78. The molecule has 0 heterocycles. The van der Waals surface area contributed by atoms with Gasteiger partial charge in [-0.25, -0.2) is 0 Å². The third kappa shape index (κ3) is 0.878. The van der Waals surface area contributed by atoms with Gasteiger partial charge in [0.25, 0.3) is 0 Å². The second-order valence-electron chi connectivity index (χ2n) is 4.37. The van der Waals surface area contributed by atoms with E-state index in [1.807, 2.05) is 0 Å². The molecule has 3 aliphatic rings. The van der Waals surface area contributed by atoms with E-state index in [2.05, 4.69) is 5.32 Å². The molecule has 0 aromatic carbocycles. The molecule has 10 heavy (non-hydrogen) atoms. The zero-order valence-electron chi connectivity index (χ0n) is 6.34. The van der Waals surface area contributed by atoms with E-state index in [1.54, 1.807) is 6.42 Å². The molecule has 56 valence electrons. The molecule has 0 saturated heterocycles. The third-order valence-electron chi connectivity index (χ3n) is 3.29. The van der Waals surface area contributed by atoms with Crippen LogP contribution in [0.1, 0.15) is 32.1 Å². The van der Waals surface area contributed by atoms with E-state index in [0.29, 0.717) is 0 Å². The highest BCUT2D eigenvalue weighted by Crippen LogP contribution is 2.52. The van der Waals surface area contributed by atoms with Crippen LogP contribution in [0.2, 0.25) is 0 Å². The van der Waals surface area contributed by atoms with Crippen LogP contribution in [0, 0.1) is 11.8 Å². The molecule has 0 spiro atoms. The Morgan fingerprint density at radius 1 is 0.800 bits per heavy atom. The van der Waals surface area contributed by atoms with Gasteiger partial charge in [0.15, 0.2) is 0 Å². The molecule has 3 rings (SSSR count). The van der Waals surface area contributed by atoms with E-state index >= 15 is 0 Å². The number of hydrogen-bond acceptors (Lipinski definition) is 1. The van der Waals surface area contributed by atoms with Crippen molar-refractivity contribution in [1.82, 2.24) is 5.32 Å². The van der Waals surface area contributed by atoms with Crippen molar-refractivity contribution in [2.24, 2.45) is 11.8 Å². The van der Waals surface area contributed by atoms with E-state index in [1.165, 1.54) is 25.7 Å². The van der Waals surface area contributed by atoms with Gasteiger partial charge in [-0.1, -0.05) is 0 Å². The van der Waals surface area contributed by atoms with E-state index in [0.717, 1.165) is 23.9 Å². The van der Waals surface area contributed by atoms with Gasteiger partial charge in [-0.3, -0.25) is 0 Å². The molecule has 0 aliphatic heterocycles. The van der Waals surface area contributed by atoms with Crippen molar-refractivity contribution in [3.8, 4) is 0 Å². The Morgan fingerprint density at radius 2 is 1.50 bits per heavy atom. The normalized spacial score (nSPS) is 51.0. The quantitative estimate of drug-likeness (QED) is 0.608. The van der Waals surface area contributed by atoms with Crippen LogP contribution in [-0.2, 0) is 0 Å². The van der Waals surface area contributed by atoms with Crippen molar-refractivity contribution < 1.29 is 0 Å². The molecule has 0 bridgehead atoms. The van der Waals surface area contributed by atoms with Crippen LogP contribution in [0.4, 0.5) is 0 Å². The highest BCUT2D eigenvalue weighted by molar-refractivity contribution is 5.00. The molecule has 3 fully saturated rings. The molecular formula is C9H15N. The average molecular weight is 137 g/mol. The van der Waals surface area contributed by atoms with Crippen LogP contribution in [0.3, 0.4) is 0 Å². The summed E-state index contributed by atoms with van der Waals surface area (Å²) in [4.78, 5) is 0. The Morgan fingerprint density at radius 3 is 2.10 bits per heavy atom. The Kier molecular flexibility index (Phi) is 0.984. The third-order valence-corrected chi connectivity index (χ3v) is 3.29. The van der Waals surface area contributed by atoms with Crippen molar-refractivity contribution in [1.29, 1.82) is 0 Å². The Balaban J connectivity index is 1.54. The molecule has 1 unspecified atom stereocenters. The molecule has 3 atom stereocenters. The van der Waals surface area contributed by atoms with Gasteiger partial charge in [0, 0.05) is 12.1 Å². The molecule has 3 saturated carbocycles. The molecule has 1 nitrogen and oxygen atoms in total. The van der Waals surface area contributed by atoms with Gasteiger partial charge in [0.1, 0.15) is 0 Å². The van der Waals surface area contributed by atoms with Crippen molar-refractivity contribution in [3.05, 3.63) is 0 Å². The molecule has 1 heteroatoms. The van der Waals surface area contributed by atoms with Crippen molar-refractivity contribution in [2.75, 3.05) is 0 Å². The van der Waals surface area contributed by atoms with Crippen LogP contribution in [0.25, 0.3) is 0 Å².